The summed E-state index contributed by atoms with van der Waals surface area (Å²) in [6.45, 7) is 16.2. The molecule has 0 unspecified atom stereocenters. The second kappa shape index (κ2) is 16.0. The molecule has 2 aliphatic heterocycles. The number of hydrogen-bond acceptors (Lipinski definition) is 7. The normalized spacial score (nSPS) is 16.1. The Labute approximate surface area is 360 Å². The second-order valence-corrected chi connectivity index (χ2v) is 17.2. The summed E-state index contributed by atoms with van der Waals surface area (Å²) in [5.41, 5.74) is 11.2. The average molecular weight is 849 g/mol. The van der Waals surface area contributed by atoms with Gasteiger partial charge in [-0.25, -0.2) is 4.98 Å². The summed E-state index contributed by atoms with van der Waals surface area (Å²) in [7, 11) is 3.83. The minimum atomic E-state index is -0.0906. The van der Waals surface area contributed by atoms with Crippen LogP contribution in [0.1, 0.15) is 58.0 Å². The van der Waals surface area contributed by atoms with Crippen LogP contribution in [0.2, 0.25) is 10.0 Å². The van der Waals surface area contributed by atoms with Gasteiger partial charge in [0.2, 0.25) is 0 Å². The molecular formula is C46H51Cl2N9O3. The summed E-state index contributed by atoms with van der Waals surface area (Å²) in [4.78, 5) is 24.5. The number of carbonyl (C=O) groups excluding carboxylic acids is 1. The molecule has 3 aromatic carbocycles. The van der Waals surface area contributed by atoms with Gasteiger partial charge in [0.1, 0.15) is 17.8 Å². The number of hydrogen-bond donors (Lipinski definition) is 0. The van der Waals surface area contributed by atoms with E-state index in [-0.39, 0.29) is 11.9 Å². The third-order valence-electron chi connectivity index (χ3n) is 12.3. The van der Waals surface area contributed by atoms with E-state index in [2.05, 4.69) is 68.4 Å². The Bertz CT molecular complexity index is 2770. The summed E-state index contributed by atoms with van der Waals surface area (Å²) >= 11 is 13.7. The minimum Gasteiger partial charge on any atom is -0.494 e. The van der Waals surface area contributed by atoms with E-state index >= 15 is 4.79 Å². The van der Waals surface area contributed by atoms with Crippen LogP contribution in [0, 0.1) is 27.7 Å². The monoisotopic (exact) mass is 847 g/mol. The molecule has 60 heavy (non-hydrogen) atoms. The Morgan fingerprint density at radius 3 is 2.38 bits per heavy atom. The van der Waals surface area contributed by atoms with Crippen molar-refractivity contribution in [2.24, 2.45) is 14.1 Å². The van der Waals surface area contributed by atoms with E-state index in [0.29, 0.717) is 42.5 Å². The van der Waals surface area contributed by atoms with Crippen LogP contribution < -0.4 is 9.64 Å². The van der Waals surface area contributed by atoms with Gasteiger partial charge in [-0.05, 0) is 101 Å². The van der Waals surface area contributed by atoms with Crippen molar-refractivity contribution in [1.82, 2.24) is 38.6 Å². The maximum Gasteiger partial charge on any atom is 0.275 e. The van der Waals surface area contributed by atoms with Crippen molar-refractivity contribution in [2.45, 2.75) is 60.0 Å². The molecule has 1 amide bonds. The second-order valence-electron chi connectivity index (χ2n) is 16.4. The van der Waals surface area contributed by atoms with Gasteiger partial charge >= 0.3 is 0 Å². The SMILES string of the molecule is Cc1cc(OCCCc2c3n(c4c(-c5c(C)nn(C)c5C)c(Cl)ccc24)[C@H](C)CN(c2cn(CCN4CCOCC4)c4ccc(-c5ncn(C)n5)cc24)C3=O)cc(C)c1Cl. The fourth-order valence-electron chi connectivity index (χ4n) is 9.30. The van der Waals surface area contributed by atoms with Crippen molar-refractivity contribution in [3.63, 3.8) is 0 Å². The fraction of sp³-hybridized carbons (Fsp3) is 0.391. The number of aromatic nitrogens is 7. The number of carbonyl (C=O) groups is 1. The molecule has 14 heteroatoms. The maximum atomic E-state index is 15.6. The van der Waals surface area contributed by atoms with Crippen molar-refractivity contribution in [3.8, 4) is 28.3 Å². The molecule has 9 rings (SSSR count). The van der Waals surface area contributed by atoms with Crippen LogP contribution >= 0.6 is 23.2 Å². The summed E-state index contributed by atoms with van der Waals surface area (Å²) < 4.78 is 20.1. The van der Waals surface area contributed by atoms with Crippen molar-refractivity contribution in [3.05, 3.63) is 98.8 Å². The lowest BCUT2D eigenvalue weighted by Crippen LogP contribution is -2.42. The first-order valence-electron chi connectivity index (χ1n) is 20.8. The van der Waals surface area contributed by atoms with Crippen LogP contribution in [0.25, 0.3) is 44.3 Å². The van der Waals surface area contributed by atoms with Gasteiger partial charge in [-0.3, -0.25) is 19.1 Å². The summed E-state index contributed by atoms with van der Waals surface area (Å²) in [6.07, 6.45) is 5.19. The molecule has 0 radical (unpaired) electrons. The molecule has 0 N–H and O–H groups in total. The van der Waals surface area contributed by atoms with Crippen LogP contribution in [0.3, 0.4) is 0 Å². The number of rotatable bonds is 11. The zero-order chi connectivity index (χ0) is 42.0. The van der Waals surface area contributed by atoms with Crippen LogP contribution in [-0.2, 0) is 31.8 Å². The molecule has 4 aromatic heterocycles. The zero-order valence-electron chi connectivity index (χ0n) is 35.4. The third kappa shape index (κ3) is 7.06. The van der Waals surface area contributed by atoms with E-state index < -0.39 is 0 Å². The van der Waals surface area contributed by atoms with Crippen LogP contribution in [0.4, 0.5) is 5.69 Å². The number of nitrogens with zero attached hydrogens (tertiary/aromatic N) is 9. The standard InChI is InChI=1S/C46H51Cl2N9O3/c1-27-21-33(22-28(2)42(27)48)60-18-8-9-34-35-11-12-37(47)41(40-30(4)50-53(7)31(40)5)43(35)57-29(3)24-56(46(58)44(34)57)39-25-55(15-14-54-16-19-59-20-17-54)38-13-10-32(23-36(38)39)45-49-26-52(6)51-45/h10-13,21-23,25-26,29H,8-9,14-20,24H2,1-7H3/t29-/m1/s1. The van der Waals surface area contributed by atoms with Crippen LogP contribution in [-0.4, -0.2) is 90.5 Å². The van der Waals surface area contributed by atoms with Gasteiger partial charge in [0.25, 0.3) is 5.91 Å². The van der Waals surface area contributed by atoms with Crippen molar-refractivity contribution in [2.75, 3.05) is 50.9 Å². The van der Waals surface area contributed by atoms with Crippen LogP contribution in [0.5, 0.6) is 5.75 Å². The first kappa shape index (κ1) is 40.3. The molecule has 1 fully saturated rings. The van der Waals surface area contributed by atoms with Crippen LogP contribution in [0.15, 0.2) is 55.0 Å². The molecule has 12 nitrogen and oxygen atoms in total. The number of ether oxygens (including phenoxy) is 2. The highest BCUT2D eigenvalue weighted by molar-refractivity contribution is 6.35. The number of benzene rings is 3. The largest absolute Gasteiger partial charge is 0.494 e. The topological polar surface area (TPSA) is 100 Å². The van der Waals surface area contributed by atoms with Gasteiger partial charge in [-0.2, -0.15) is 10.2 Å². The van der Waals surface area contributed by atoms with Gasteiger partial charge in [-0.15, -0.1) is 0 Å². The molecule has 0 saturated carbocycles. The lowest BCUT2D eigenvalue weighted by Gasteiger charge is -2.34. The third-order valence-corrected chi connectivity index (χ3v) is 13.2. The first-order chi connectivity index (χ1) is 28.9. The van der Waals surface area contributed by atoms with Crippen molar-refractivity contribution < 1.29 is 14.3 Å². The Kier molecular flexibility index (Phi) is 10.8. The first-order valence-corrected chi connectivity index (χ1v) is 21.5. The lowest BCUT2D eigenvalue weighted by molar-refractivity contribution is 0.0365. The number of fused-ring (bicyclic) bond motifs is 4. The molecule has 2 aliphatic rings. The number of amides is 1. The number of halogens is 2. The molecule has 0 spiro atoms. The van der Waals surface area contributed by atoms with Crippen molar-refractivity contribution in [1.29, 1.82) is 0 Å². The highest BCUT2D eigenvalue weighted by Gasteiger charge is 2.38. The summed E-state index contributed by atoms with van der Waals surface area (Å²) in [5, 5.41) is 12.8. The molecule has 1 saturated heterocycles. The van der Waals surface area contributed by atoms with E-state index in [4.69, 9.17) is 37.8 Å². The van der Waals surface area contributed by atoms with Gasteiger partial charge in [0.15, 0.2) is 5.82 Å². The molecule has 6 heterocycles. The zero-order valence-corrected chi connectivity index (χ0v) is 36.9. The predicted octanol–water partition coefficient (Wildman–Crippen LogP) is 8.90. The molecule has 7 aromatic rings. The predicted molar refractivity (Wildman–Crippen MR) is 239 cm³/mol. The molecule has 312 valence electrons. The Balaban J connectivity index is 1.16. The Morgan fingerprint density at radius 2 is 1.68 bits per heavy atom. The fourth-order valence-corrected chi connectivity index (χ4v) is 9.66. The highest BCUT2D eigenvalue weighted by atomic mass is 35.5. The number of aryl methyl sites for hydroxylation is 6. The van der Waals surface area contributed by atoms with E-state index in [9.17, 15) is 0 Å². The molecule has 0 aliphatic carbocycles. The quantitative estimate of drug-likeness (QED) is 0.120. The van der Waals surface area contributed by atoms with E-state index in [1.807, 2.05) is 62.6 Å². The number of morpholine rings is 1. The van der Waals surface area contributed by atoms with E-state index in [1.165, 1.54) is 0 Å². The Hall–Kier alpha value is -5.14. The smallest absolute Gasteiger partial charge is 0.275 e. The highest BCUT2D eigenvalue weighted by Crippen LogP contribution is 2.46. The Morgan fingerprint density at radius 1 is 0.917 bits per heavy atom. The number of anilines is 1. The average Bonchev–Trinajstić information content (AvgIpc) is 3.98. The lowest BCUT2D eigenvalue weighted by atomic mass is 9.98. The van der Waals surface area contributed by atoms with Gasteiger partial charge in [0, 0.05) is 97.2 Å². The van der Waals surface area contributed by atoms with E-state index in [0.717, 1.165) is 122 Å². The molecular weight excluding hydrogens is 797 g/mol. The molecule has 1 atom stereocenters. The van der Waals surface area contributed by atoms with Gasteiger partial charge < -0.3 is 23.5 Å². The van der Waals surface area contributed by atoms with Crippen molar-refractivity contribution >= 4 is 56.6 Å². The maximum absolute atomic E-state index is 15.6. The summed E-state index contributed by atoms with van der Waals surface area (Å²) in [5.74, 6) is 1.39. The van der Waals surface area contributed by atoms with Gasteiger partial charge in [0.05, 0.1) is 47.3 Å². The molecule has 0 bridgehead atoms. The van der Waals surface area contributed by atoms with E-state index in [1.54, 1.807) is 11.0 Å². The summed E-state index contributed by atoms with van der Waals surface area (Å²) in [6, 6.07) is 14.3. The minimum absolute atomic E-state index is 0.0422. The van der Waals surface area contributed by atoms with Gasteiger partial charge in [-0.1, -0.05) is 29.3 Å².